The van der Waals surface area contributed by atoms with Crippen LogP contribution in [0.25, 0.3) is 10.8 Å². The highest BCUT2D eigenvalue weighted by atomic mass is 32.1. The third kappa shape index (κ3) is 3.86. The lowest BCUT2D eigenvalue weighted by Gasteiger charge is -2.24. The van der Waals surface area contributed by atoms with Crippen molar-refractivity contribution in [3.63, 3.8) is 0 Å². The van der Waals surface area contributed by atoms with Crippen LogP contribution in [0.4, 0.5) is 0 Å². The van der Waals surface area contributed by atoms with Gasteiger partial charge >= 0.3 is 0 Å². The highest BCUT2D eigenvalue weighted by molar-refractivity contribution is 7.16. The van der Waals surface area contributed by atoms with Gasteiger partial charge in [-0.05, 0) is 37.1 Å². The van der Waals surface area contributed by atoms with Gasteiger partial charge in [0.1, 0.15) is 4.88 Å². The number of rotatable bonds is 6. The highest BCUT2D eigenvalue weighted by Gasteiger charge is 2.25. The lowest BCUT2D eigenvalue weighted by molar-refractivity contribution is 0.0943. The predicted octanol–water partition coefficient (Wildman–Crippen LogP) is 3.80. The van der Waals surface area contributed by atoms with E-state index >= 15 is 0 Å². The van der Waals surface area contributed by atoms with Gasteiger partial charge in [0.15, 0.2) is 10.8 Å². The molecule has 1 N–H and O–H groups in total. The van der Waals surface area contributed by atoms with Crippen molar-refractivity contribution in [2.24, 2.45) is 0 Å². The van der Waals surface area contributed by atoms with Crippen molar-refractivity contribution < 1.29 is 9.21 Å². The Morgan fingerprint density at radius 3 is 2.96 bits per heavy atom. The Bertz CT molecular complexity index is 845. The first-order valence-corrected chi connectivity index (χ1v) is 9.67. The van der Waals surface area contributed by atoms with E-state index in [0.717, 1.165) is 24.5 Å². The minimum absolute atomic E-state index is 0.0631. The largest absolute Gasteiger partial charge is 0.462 e. The standard InChI is InChI=1S/C20H21N3O2S/c24-19(18-13-22-20(26-18)17-9-5-11-25-17)21-12-16-8-4-10-23(16)14-15-6-2-1-3-7-15/h1-3,5-7,9,11,13,16H,4,8,10,12,14H2,(H,21,24). The molecule has 0 radical (unpaired) electrons. The smallest absolute Gasteiger partial charge is 0.263 e. The summed E-state index contributed by atoms with van der Waals surface area (Å²) in [6, 6.07) is 14.5. The fourth-order valence-electron chi connectivity index (χ4n) is 3.34. The van der Waals surface area contributed by atoms with E-state index in [1.807, 2.05) is 18.2 Å². The van der Waals surface area contributed by atoms with Crippen LogP contribution >= 0.6 is 11.3 Å². The Balaban J connectivity index is 1.33. The minimum atomic E-state index is -0.0631. The molecule has 3 aromatic rings. The maximum atomic E-state index is 12.5. The van der Waals surface area contributed by atoms with Crippen LogP contribution in [0, 0.1) is 0 Å². The Kier molecular flexibility index (Phi) is 5.13. The number of thiazole rings is 1. The molecule has 0 aliphatic carbocycles. The second-order valence-electron chi connectivity index (χ2n) is 6.47. The third-order valence-electron chi connectivity index (χ3n) is 4.69. The van der Waals surface area contributed by atoms with Gasteiger partial charge in [-0.2, -0.15) is 0 Å². The van der Waals surface area contributed by atoms with E-state index in [1.54, 1.807) is 12.5 Å². The van der Waals surface area contributed by atoms with E-state index in [0.29, 0.717) is 23.2 Å². The molecule has 1 aliphatic rings. The van der Waals surface area contributed by atoms with E-state index in [-0.39, 0.29) is 5.91 Å². The van der Waals surface area contributed by atoms with Gasteiger partial charge in [-0.15, -0.1) is 11.3 Å². The van der Waals surface area contributed by atoms with Crippen LogP contribution in [0.5, 0.6) is 0 Å². The number of hydrogen-bond donors (Lipinski definition) is 1. The molecule has 6 heteroatoms. The quantitative estimate of drug-likeness (QED) is 0.720. The van der Waals surface area contributed by atoms with Crippen molar-refractivity contribution in [2.45, 2.75) is 25.4 Å². The lowest BCUT2D eigenvalue weighted by atomic mass is 10.2. The Hall–Kier alpha value is -2.44. The number of carbonyl (C=O) groups excluding carboxylic acids is 1. The Labute approximate surface area is 156 Å². The van der Waals surface area contributed by atoms with Crippen LogP contribution in [0.2, 0.25) is 0 Å². The summed E-state index contributed by atoms with van der Waals surface area (Å²) in [4.78, 5) is 19.8. The molecule has 0 saturated carbocycles. The summed E-state index contributed by atoms with van der Waals surface area (Å²) in [5, 5.41) is 3.80. The average molecular weight is 367 g/mol. The number of likely N-dealkylation sites (tertiary alicyclic amines) is 1. The molecule has 1 atom stereocenters. The van der Waals surface area contributed by atoms with Crippen molar-refractivity contribution in [3.8, 4) is 10.8 Å². The predicted molar refractivity (Wildman–Crippen MR) is 102 cm³/mol. The SMILES string of the molecule is O=C(NCC1CCCN1Cc1ccccc1)c1cnc(-c2ccco2)s1. The molecular weight excluding hydrogens is 346 g/mol. The van der Waals surface area contributed by atoms with Crippen LogP contribution in [0.15, 0.2) is 59.3 Å². The molecule has 0 spiro atoms. The van der Waals surface area contributed by atoms with Gasteiger partial charge in [-0.25, -0.2) is 4.98 Å². The molecule has 1 aromatic carbocycles. The molecule has 1 saturated heterocycles. The number of amides is 1. The summed E-state index contributed by atoms with van der Waals surface area (Å²) in [6.07, 6.45) is 5.52. The third-order valence-corrected chi connectivity index (χ3v) is 5.70. The van der Waals surface area contributed by atoms with Crippen molar-refractivity contribution in [1.82, 2.24) is 15.2 Å². The van der Waals surface area contributed by atoms with Crippen molar-refractivity contribution >= 4 is 17.2 Å². The summed E-state index contributed by atoms with van der Waals surface area (Å²) in [7, 11) is 0. The van der Waals surface area contributed by atoms with Crippen LogP contribution in [0.1, 0.15) is 28.1 Å². The zero-order valence-corrected chi connectivity index (χ0v) is 15.2. The molecule has 1 fully saturated rings. The Morgan fingerprint density at radius 1 is 1.27 bits per heavy atom. The summed E-state index contributed by atoms with van der Waals surface area (Å²) < 4.78 is 5.33. The first kappa shape index (κ1) is 17.0. The van der Waals surface area contributed by atoms with Crippen LogP contribution in [-0.2, 0) is 6.54 Å². The molecule has 134 valence electrons. The lowest BCUT2D eigenvalue weighted by Crippen LogP contribution is -2.39. The molecule has 2 aromatic heterocycles. The number of nitrogens with one attached hydrogen (secondary N) is 1. The topological polar surface area (TPSA) is 58.4 Å². The molecule has 3 heterocycles. The van der Waals surface area contributed by atoms with Crippen molar-refractivity contribution in [3.05, 3.63) is 65.4 Å². The minimum Gasteiger partial charge on any atom is -0.462 e. The van der Waals surface area contributed by atoms with Gasteiger partial charge in [-0.3, -0.25) is 9.69 Å². The van der Waals surface area contributed by atoms with E-state index in [2.05, 4.69) is 39.5 Å². The van der Waals surface area contributed by atoms with Crippen LogP contribution in [-0.4, -0.2) is 34.9 Å². The molecular formula is C20H21N3O2S. The first-order valence-electron chi connectivity index (χ1n) is 8.85. The van der Waals surface area contributed by atoms with Crippen molar-refractivity contribution in [1.29, 1.82) is 0 Å². The Morgan fingerprint density at radius 2 is 2.15 bits per heavy atom. The molecule has 0 bridgehead atoms. The second kappa shape index (κ2) is 7.85. The maximum absolute atomic E-state index is 12.5. The zero-order chi connectivity index (χ0) is 17.8. The second-order valence-corrected chi connectivity index (χ2v) is 7.50. The monoisotopic (exact) mass is 367 g/mol. The van der Waals surface area contributed by atoms with E-state index in [1.165, 1.54) is 23.3 Å². The van der Waals surface area contributed by atoms with E-state index in [4.69, 9.17) is 4.42 Å². The van der Waals surface area contributed by atoms with Gasteiger partial charge in [0, 0.05) is 19.1 Å². The highest BCUT2D eigenvalue weighted by Crippen LogP contribution is 2.25. The fourth-order valence-corrected chi connectivity index (χ4v) is 4.14. The average Bonchev–Trinajstić information content (AvgIpc) is 3.41. The number of carbonyl (C=O) groups is 1. The number of nitrogens with zero attached hydrogens (tertiary/aromatic N) is 2. The van der Waals surface area contributed by atoms with Gasteiger partial charge in [0.2, 0.25) is 0 Å². The zero-order valence-electron chi connectivity index (χ0n) is 14.4. The normalized spacial score (nSPS) is 17.5. The van der Waals surface area contributed by atoms with Crippen LogP contribution < -0.4 is 5.32 Å². The molecule has 26 heavy (non-hydrogen) atoms. The first-order chi connectivity index (χ1) is 12.8. The van der Waals surface area contributed by atoms with E-state index < -0.39 is 0 Å². The molecule has 5 nitrogen and oxygen atoms in total. The fraction of sp³-hybridized carbons (Fsp3) is 0.300. The summed E-state index contributed by atoms with van der Waals surface area (Å²) in [5.41, 5.74) is 1.32. The summed E-state index contributed by atoms with van der Waals surface area (Å²) in [5.74, 6) is 0.630. The van der Waals surface area contributed by atoms with Gasteiger partial charge in [-0.1, -0.05) is 30.3 Å². The molecule has 1 aliphatic heterocycles. The summed E-state index contributed by atoms with van der Waals surface area (Å²) in [6.45, 7) is 2.68. The molecule has 1 unspecified atom stereocenters. The van der Waals surface area contributed by atoms with Gasteiger partial charge < -0.3 is 9.73 Å². The summed E-state index contributed by atoms with van der Waals surface area (Å²) >= 11 is 1.35. The van der Waals surface area contributed by atoms with Crippen molar-refractivity contribution in [2.75, 3.05) is 13.1 Å². The number of benzene rings is 1. The van der Waals surface area contributed by atoms with Gasteiger partial charge in [0.25, 0.3) is 5.91 Å². The van der Waals surface area contributed by atoms with E-state index in [9.17, 15) is 4.79 Å². The number of hydrogen-bond acceptors (Lipinski definition) is 5. The molecule has 4 rings (SSSR count). The molecule has 1 amide bonds. The number of aromatic nitrogens is 1. The maximum Gasteiger partial charge on any atom is 0.263 e. The number of furan rings is 1. The van der Waals surface area contributed by atoms with Crippen LogP contribution in [0.3, 0.4) is 0 Å². The van der Waals surface area contributed by atoms with Gasteiger partial charge in [0.05, 0.1) is 12.5 Å².